The van der Waals surface area contributed by atoms with Gasteiger partial charge >= 0.3 is 0 Å². The van der Waals surface area contributed by atoms with Crippen LogP contribution in [-0.4, -0.2) is 22.2 Å². The van der Waals surface area contributed by atoms with Gasteiger partial charge in [-0.3, -0.25) is 4.98 Å². The highest BCUT2D eigenvalue weighted by Crippen LogP contribution is 2.23. The highest BCUT2D eigenvalue weighted by molar-refractivity contribution is 5.79. The fourth-order valence-electron chi connectivity index (χ4n) is 1.28. The Bertz CT molecular complexity index is 484. The van der Waals surface area contributed by atoms with Gasteiger partial charge in [-0.25, -0.2) is 4.98 Å². The number of aromatic hydroxyl groups is 1. The van der Waals surface area contributed by atoms with Crippen LogP contribution in [0.5, 0.6) is 11.6 Å². The number of hydrogen-bond donors (Lipinski definition) is 1. The molecule has 4 nitrogen and oxygen atoms in total. The minimum atomic E-state index is 0.151. The summed E-state index contributed by atoms with van der Waals surface area (Å²) in [6.07, 6.45) is 1.42. The molecule has 0 spiro atoms. The van der Waals surface area contributed by atoms with Gasteiger partial charge in [-0.15, -0.1) is 0 Å². The number of aromatic nitrogens is 2. The van der Waals surface area contributed by atoms with Crippen molar-refractivity contribution in [1.82, 2.24) is 9.97 Å². The molecule has 0 atom stereocenters. The van der Waals surface area contributed by atoms with Crippen molar-refractivity contribution < 1.29 is 9.84 Å². The molecule has 86 valence electrons. The zero-order valence-electron chi connectivity index (χ0n) is 9.98. The fraction of sp³-hybridized carbons (Fsp3) is 0.333. The molecule has 0 aromatic carbocycles. The molecule has 2 aromatic rings. The van der Waals surface area contributed by atoms with E-state index in [4.69, 9.17) is 4.74 Å². The van der Waals surface area contributed by atoms with Gasteiger partial charge in [0, 0.05) is 11.6 Å². The van der Waals surface area contributed by atoms with Crippen LogP contribution in [0.3, 0.4) is 0 Å². The van der Waals surface area contributed by atoms with Gasteiger partial charge in [0.25, 0.3) is 0 Å². The number of ether oxygens (including phenoxy) is 1. The van der Waals surface area contributed by atoms with Crippen molar-refractivity contribution in [2.24, 2.45) is 0 Å². The van der Waals surface area contributed by atoms with Gasteiger partial charge < -0.3 is 9.84 Å². The second-order valence-electron chi connectivity index (χ2n) is 2.99. The summed E-state index contributed by atoms with van der Waals surface area (Å²) in [6, 6.07) is 3.55. The van der Waals surface area contributed by atoms with Gasteiger partial charge in [-0.2, -0.15) is 0 Å². The Morgan fingerprint density at radius 1 is 1.25 bits per heavy atom. The smallest absolute Gasteiger partial charge is 0.213 e. The molecule has 0 amide bonds. The van der Waals surface area contributed by atoms with E-state index in [1.807, 2.05) is 19.9 Å². The topological polar surface area (TPSA) is 55.2 Å². The van der Waals surface area contributed by atoms with Crippen LogP contribution in [0.4, 0.5) is 0 Å². The SMILES string of the molecule is CC.COc1ccc2ncc(O)c(C)c2n1. The average Bonchev–Trinajstić information content (AvgIpc) is 2.36. The molecule has 1 N–H and O–H groups in total. The first-order valence-corrected chi connectivity index (χ1v) is 5.21. The third kappa shape index (κ3) is 2.21. The lowest BCUT2D eigenvalue weighted by Gasteiger charge is -2.04. The number of fused-ring (bicyclic) bond motifs is 1. The molecule has 0 aliphatic heterocycles. The molecule has 0 saturated carbocycles. The first kappa shape index (κ1) is 12.2. The van der Waals surface area contributed by atoms with Gasteiger partial charge in [0.2, 0.25) is 5.88 Å². The molecule has 2 rings (SSSR count). The Balaban J connectivity index is 0.000000606. The summed E-state index contributed by atoms with van der Waals surface area (Å²) in [5.74, 6) is 0.672. The molecular formula is C12H16N2O2. The molecular weight excluding hydrogens is 204 g/mol. The van der Waals surface area contributed by atoms with Crippen molar-refractivity contribution in [3.05, 3.63) is 23.9 Å². The van der Waals surface area contributed by atoms with E-state index in [9.17, 15) is 5.11 Å². The van der Waals surface area contributed by atoms with Crippen molar-refractivity contribution in [3.8, 4) is 11.6 Å². The zero-order chi connectivity index (χ0) is 12.1. The van der Waals surface area contributed by atoms with Gasteiger partial charge in [0.15, 0.2) is 0 Å². The van der Waals surface area contributed by atoms with Crippen LogP contribution >= 0.6 is 0 Å². The molecule has 16 heavy (non-hydrogen) atoms. The molecule has 0 unspecified atom stereocenters. The first-order valence-electron chi connectivity index (χ1n) is 5.21. The fourth-order valence-corrected chi connectivity index (χ4v) is 1.28. The molecule has 0 fully saturated rings. The Hall–Kier alpha value is -1.84. The molecule has 0 aliphatic rings. The normalized spacial score (nSPS) is 9.50. The summed E-state index contributed by atoms with van der Waals surface area (Å²) in [7, 11) is 1.56. The van der Waals surface area contributed by atoms with Crippen LogP contribution in [0.2, 0.25) is 0 Å². The number of methoxy groups -OCH3 is 1. The minimum Gasteiger partial charge on any atom is -0.506 e. The van der Waals surface area contributed by atoms with Gasteiger partial charge in [-0.1, -0.05) is 13.8 Å². The number of rotatable bonds is 1. The Labute approximate surface area is 94.9 Å². The summed E-state index contributed by atoms with van der Waals surface area (Å²) in [4.78, 5) is 8.26. The van der Waals surface area contributed by atoms with E-state index in [0.29, 0.717) is 17.0 Å². The third-order valence-corrected chi connectivity index (χ3v) is 2.12. The van der Waals surface area contributed by atoms with E-state index in [1.54, 1.807) is 20.1 Å². The first-order chi connectivity index (χ1) is 7.72. The highest BCUT2D eigenvalue weighted by atomic mass is 16.5. The van der Waals surface area contributed by atoms with Gasteiger partial charge in [-0.05, 0) is 13.0 Å². The molecule has 0 radical (unpaired) electrons. The van der Waals surface area contributed by atoms with Crippen LogP contribution < -0.4 is 4.74 Å². The van der Waals surface area contributed by atoms with E-state index in [0.717, 1.165) is 5.52 Å². The molecule has 2 aromatic heterocycles. The van der Waals surface area contributed by atoms with Crippen molar-refractivity contribution in [3.63, 3.8) is 0 Å². The summed E-state index contributed by atoms with van der Waals surface area (Å²) >= 11 is 0. The van der Waals surface area contributed by atoms with Gasteiger partial charge in [0.05, 0.1) is 24.3 Å². The Morgan fingerprint density at radius 2 is 1.94 bits per heavy atom. The number of pyridine rings is 2. The van der Waals surface area contributed by atoms with E-state index in [2.05, 4.69) is 9.97 Å². The lowest BCUT2D eigenvalue weighted by Crippen LogP contribution is -1.91. The molecule has 0 aliphatic carbocycles. The monoisotopic (exact) mass is 220 g/mol. The van der Waals surface area contributed by atoms with Crippen molar-refractivity contribution in [2.75, 3.05) is 7.11 Å². The quantitative estimate of drug-likeness (QED) is 0.802. The lowest BCUT2D eigenvalue weighted by atomic mass is 10.2. The van der Waals surface area contributed by atoms with Crippen molar-refractivity contribution >= 4 is 11.0 Å². The van der Waals surface area contributed by atoms with E-state index >= 15 is 0 Å². The summed E-state index contributed by atoms with van der Waals surface area (Å²) in [5.41, 5.74) is 2.14. The number of aryl methyl sites for hydroxylation is 1. The largest absolute Gasteiger partial charge is 0.506 e. The van der Waals surface area contributed by atoms with Crippen molar-refractivity contribution in [2.45, 2.75) is 20.8 Å². The maximum absolute atomic E-state index is 9.44. The number of nitrogens with zero attached hydrogens (tertiary/aromatic N) is 2. The van der Waals surface area contributed by atoms with E-state index in [-0.39, 0.29) is 5.75 Å². The maximum atomic E-state index is 9.44. The van der Waals surface area contributed by atoms with Gasteiger partial charge in [0.1, 0.15) is 5.75 Å². The van der Waals surface area contributed by atoms with Crippen LogP contribution in [0.15, 0.2) is 18.3 Å². The summed E-state index contributed by atoms with van der Waals surface area (Å²) < 4.78 is 5.00. The third-order valence-electron chi connectivity index (χ3n) is 2.12. The second kappa shape index (κ2) is 5.30. The molecule has 2 heterocycles. The Morgan fingerprint density at radius 3 is 2.56 bits per heavy atom. The molecule has 0 bridgehead atoms. The summed E-state index contributed by atoms with van der Waals surface area (Å²) in [6.45, 7) is 5.80. The zero-order valence-corrected chi connectivity index (χ0v) is 9.98. The molecule has 4 heteroatoms. The van der Waals surface area contributed by atoms with Crippen LogP contribution in [0.25, 0.3) is 11.0 Å². The highest BCUT2D eigenvalue weighted by Gasteiger charge is 2.05. The standard InChI is InChI=1S/C10H10N2O2.C2H6/c1-6-8(13)5-11-7-3-4-9(14-2)12-10(6)7;1-2/h3-5,13H,1-2H3;1-2H3. The summed E-state index contributed by atoms with van der Waals surface area (Å²) in [5, 5.41) is 9.44. The maximum Gasteiger partial charge on any atom is 0.213 e. The predicted molar refractivity (Wildman–Crippen MR) is 63.8 cm³/mol. The average molecular weight is 220 g/mol. The van der Waals surface area contributed by atoms with E-state index < -0.39 is 0 Å². The molecule has 0 saturated heterocycles. The van der Waals surface area contributed by atoms with E-state index in [1.165, 1.54) is 6.20 Å². The predicted octanol–water partition coefficient (Wildman–Crippen LogP) is 2.68. The minimum absolute atomic E-state index is 0.151. The second-order valence-corrected chi connectivity index (χ2v) is 2.99. The van der Waals surface area contributed by atoms with Crippen LogP contribution in [0, 0.1) is 6.92 Å². The van der Waals surface area contributed by atoms with Crippen molar-refractivity contribution in [1.29, 1.82) is 0 Å². The number of hydrogen-bond acceptors (Lipinski definition) is 4. The lowest BCUT2D eigenvalue weighted by molar-refractivity contribution is 0.399. The Kier molecular flexibility index (Phi) is 4.05. The van der Waals surface area contributed by atoms with Crippen LogP contribution in [0.1, 0.15) is 19.4 Å². The van der Waals surface area contributed by atoms with Crippen LogP contribution in [-0.2, 0) is 0 Å².